The van der Waals surface area contributed by atoms with Gasteiger partial charge in [-0.05, 0) is 62.2 Å². The van der Waals surface area contributed by atoms with Crippen LogP contribution in [0, 0.1) is 20.8 Å². The van der Waals surface area contributed by atoms with Gasteiger partial charge >= 0.3 is 0 Å². The van der Waals surface area contributed by atoms with E-state index in [1.807, 2.05) is 6.92 Å². The van der Waals surface area contributed by atoms with Crippen molar-refractivity contribution in [2.45, 2.75) is 37.0 Å². The number of halogens is 1. The lowest BCUT2D eigenvalue weighted by atomic mass is 10.1. The number of sulfone groups is 1. The highest BCUT2D eigenvalue weighted by Crippen LogP contribution is 2.37. The number of phenols is 1. The van der Waals surface area contributed by atoms with Crippen molar-refractivity contribution >= 4 is 33.0 Å². The van der Waals surface area contributed by atoms with Crippen LogP contribution in [0.2, 0.25) is 5.02 Å². The molecular formula is C23H22ClNO4S. The molecule has 3 rings (SSSR count). The first kappa shape index (κ1) is 21.9. The maximum Gasteiger partial charge on any atom is 0.228 e. The predicted molar refractivity (Wildman–Crippen MR) is 118 cm³/mol. The molecule has 0 heterocycles. The van der Waals surface area contributed by atoms with E-state index in [2.05, 4.69) is 5.32 Å². The van der Waals surface area contributed by atoms with Crippen molar-refractivity contribution < 1.29 is 18.3 Å². The molecule has 1 amide bonds. The third-order valence-corrected chi connectivity index (χ3v) is 7.04. The molecule has 0 aliphatic rings. The fraction of sp³-hybridized carbons (Fsp3) is 0.174. The molecule has 156 valence electrons. The van der Waals surface area contributed by atoms with Crippen molar-refractivity contribution in [1.82, 2.24) is 0 Å². The Labute approximate surface area is 181 Å². The van der Waals surface area contributed by atoms with Crippen LogP contribution in [-0.4, -0.2) is 19.4 Å². The van der Waals surface area contributed by atoms with Gasteiger partial charge in [0.15, 0.2) is 0 Å². The average molecular weight is 444 g/mol. The van der Waals surface area contributed by atoms with Gasteiger partial charge in [0.1, 0.15) is 10.6 Å². The molecule has 0 radical (unpaired) electrons. The van der Waals surface area contributed by atoms with Crippen LogP contribution in [0.4, 0.5) is 5.69 Å². The summed E-state index contributed by atoms with van der Waals surface area (Å²) in [6, 6.07) is 14.8. The Morgan fingerprint density at radius 2 is 1.60 bits per heavy atom. The molecule has 5 nitrogen and oxygen atoms in total. The summed E-state index contributed by atoms with van der Waals surface area (Å²) in [5, 5.41) is 13.6. The Balaban J connectivity index is 2.03. The van der Waals surface area contributed by atoms with E-state index in [0.717, 1.165) is 11.1 Å². The third-order valence-electron chi connectivity index (χ3n) is 4.83. The van der Waals surface area contributed by atoms with Gasteiger partial charge in [-0.1, -0.05) is 41.4 Å². The monoisotopic (exact) mass is 443 g/mol. The lowest BCUT2D eigenvalue weighted by Crippen LogP contribution is -2.18. The van der Waals surface area contributed by atoms with Crippen LogP contribution >= 0.6 is 11.6 Å². The number of hydrogen-bond donors (Lipinski definition) is 2. The van der Waals surface area contributed by atoms with Gasteiger partial charge in [0, 0.05) is 10.6 Å². The van der Waals surface area contributed by atoms with E-state index >= 15 is 0 Å². The second-order valence-corrected chi connectivity index (χ2v) is 9.53. The first-order chi connectivity index (χ1) is 14.1. The Bertz CT molecular complexity index is 1200. The number of carbonyl (C=O) groups excluding carboxylic acids is 1. The first-order valence-corrected chi connectivity index (χ1v) is 11.1. The minimum Gasteiger partial charge on any atom is -0.507 e. The zero-order valence-corrected chi connectivity index (χ0v) is 18.4. The predicted octanol–water partition coefficient (Wildman–Crippen LogP) is 4.98. The molecule has 0 aliphatic carbocycles. The van der Waals surface area contributed by atoms with Gasteiger partial charge in [0.25, 0.3) is 0 Å². The summed E-state index contributed by atoms with van der Waals surface area (Å²) in [5.41, 5.74) is 2.47. The van der Waals surface area contributed by atoms with Gasteiger partial charge in [0.05, 0.1) is 17.0 Å². The summed E-state index contributed by atoms with van der Waals surface area (Å²) in [6.45, 7) is 5.04. The molecule has 0 bridgehead atoms. The SMILES string of the molecule is Cc1ccc(S(=O)(=O)c2c(NC(=O)Cc3ccc(Cl)cc3)cc(C)c(O)c2C)cc1. The second-order valence-electron chi connectivity index (χ2n) is 7.21. The highest BCUT2D eigenvalue weighted by Gasteiger charge is 2.27. The molecule has 0 fully saturated rings. The van der Waals surface area contributed by atoms with E-state index in [4.69, 9.17) is 11.6 Å². The van der Waals surface area contributed by atoms with Gasteiger partial charge in [0.2, 0.25) is 15.7 Å². The number of aromatic hydroxyl groups is 1. The third kappa shape index (κ3) is 4.50. The first-order valence-electron chi connectivity index (χ1n) is 9.29. The maximum atomic E-state index is 13.4. The van der Waals surface area contributed by atoms with E-state index in [0.29, 0.717) is 10.6 Å². The van der Waals surface area contributed by atoms with Crippen LogP contribution in [0.3, 0.4) is 0 Å². The molecule has 2 N–H and O–H groups in total. The number of anilines is 1. The van der Waals surface area contributed by atoms with Gasteiger partial charge in [-0.15, -0.1) is 0 Å². The molecule has 7 heteroatoms. The highest BCUT2D eigenvalue weighted by atomic mass is 35.5. The lowest BCUT2D eigenvalue weighted by molar-refractivity contribution is -0.115. The van der Waals surface area contributed by atoms with Crippen LogP contribution in [-0.2, 0) is 21.1 Å². The van der Waals surface area contributed by atoms with Crippen LogP contribution < -0.4 is 5.32 Å². The Morgan fingerprint density at radius 1 is 1.00 bits per heavy atom. The standard InChI is InChI=1S/C23H22ClNO4S/c1-14-4-10-19(11-5-14)30(28,29)23-16(3)22(27)15(2)12-20(23)25-21(26)13-17-6-8-18(24)9-7-17/h4-12,27H,13H2,1-3H3,(H,25,26). The molecule has 0 unspecified atom stereocenters. The Morgan fingerprint density at radius 3 is 2.20 bits per heavy atom. The Hall–Kier alpha value is -2.83. The molecule has 0 spiro atoms. The van der Waals surface area contributed by atoms with Gasteiger partial charge < -0.3 is 10.4 Å². The van der Waals surface area contributed by atoms with Gasteiger partial charge in [-0.3, -0.25) is 4.79 Å². The summed E-state index contributed by atoms with van der Waals surface area (Å²) in [6.07, 6.45) is 0.0557. The number of benzene rings is 3. The van der Waals surface area contributed by atoms with Crippen molar-refractivity contribution in [3.63, 3.8) is 0 Å². The summed E-state index contributed by atoms with van der Waals surface area (Å²) < 4.78 is 26.7. The van der Waals surface area contributed by atoms with Gasteiger partial charge in [-0.25, -0.2) is 8.42 Å². The molecule has 30 heavy (non-hydrogen) atoms. The van der Waals surface area contributed by atoms with E-state index in [1.165, 1.54) is 25.1 Å². The van der Waals surface area contributed by atoms with Gasteiger partial charge in [-0.2, -0.15) is 0 Å². The maximum absolute atomic E-state index is 13.4. The van der Waals surface area contributed by atoms with Crippen LogP contribution in [0.15, 0.2) is 64.4 Å². The zero-order valence-electron chi connectivity index (χ0n) is 16.9. The zero-order chi connectivity index (χ0) is 22.1. The molecule has 0 aliphatic heterocycles. The van der Waals surface area contributed by atoms with Crippen LogP contribution in [0.25, 0.3) is 0 Å². The Kier molecular flexibility index (Phi) is 6.19. The normalized spacial score (nSPS) is 11.3. The summed E-state index contributed by atoms with van der Waals surface area (Å²) in [4.78, 5) is 12.6. The van der Waals surface area contributed by atoms with E-state index < -0.39 is 9.84 Å². The lowest BCUT2D eigenvalue weighted by Gasteiger charge is -2.17. The minimum atomic E-state index is -3.97. The fourth-order valence-electron chi connectivity index (χ4n) is 3.21. The fourth-order valence-corrected chi connectivity index (χ4v) is 4.97. The smallest absolute Gasteiger partial charge is 0.228 e. The quantitative estimate of drug-likeness (QED) is 0.544. The van der Waals surface area contributed by atoms with E-state index in [1.54, 1.807) is 43.3 Å². The summed E-state index contributed by atoms with van der Waals surface area (Å²) in [7, 11) is -3.97. The number of nitrogens with one attached hydrogen (secondary N) is 1. The molecule has 0 atom stereocenters. The number of aryl methyl sites for hydroxylation is 2. The minimum absolute atomic E-state index is 0.0557. The molecule has 0 saturated heterocycles. The number of carbonyl (C=O) groups is 1. The van der Waals surface area contributed by atoms with Crippen LogP contribution in [0.1, 0.15) is 22.3 Å². The van der Waals surface area contributed by atoms with Crippen molar-refractivity contribution in [1.29, 1.82) is 0 Å². The summed E-state index contributed by atoms with van der Waals surface area (Å²) in [5.74, 6) is -0.487. The summed E-state index contributed by atoms with van der Waals surface area (Å²) >= 11 is 5.88. The van der Waals surface area contributed by atoms with E-state index in [-0.39, 0.29) is 39.1 Å². The molecule has 0 saturated carbocycles. The average Bonchev–Trinajstić information content (AvgIpc) is 2.68. The van der Waals surface area contributed by atoms with Crippen molar-refractivity contribution in [3.8, 4) is 5.75 Å². The largest absolute Gasteiger partial charge is 0.507 e. The number of rotatable bonds is 5. The second kappa shape index (κ2) is 8.50. The molecule has 0 aromatic heterocycles. The van der Waals surface area contributed by atoms with Crippen molar-refractivity contribution in [2.75, 3.05) is 5.32 Å². The van der Waals surface area contributed by atoms with Crippen LogP contribution in [0.5, 0.6) is 5.75 Å². The molecular weight excluding hydrogens is 422 g/mol. The van der Waals surface area contributed by atoms with Crippen molar-refractivity contribution in [2.24, 2.45) is 0 Å². The number of amides is 1. The molecule has 3 aromatic rings. The highest BCUT2D eigenvalue weighted by molar-refractivity contribution is 7.91. The molecule has 3 aromatic carbocycles. The topological polar surface area (TPSA) is 83.5 Å². The van der Waals surface area contributed by atoms with Crippen molar-refractivity contribution in [3.05, 3.63) is 81.9 Å². The number of hydrogen-bond acceptors (Lipinski definition) is 4. The number of phenolic OH excluding ortho intramolecular Hbond substituents is 1. The van der Waals surface area contributed by atoms with E-state index in [9.17, 15) is 18.3 Å².